The van der Waals surface area contributed by atoms with Crippen LogP contribution in [0.2, 0.25) is 0 Å². The predicted molar refractivity (Wildman–Crippen MR) is 89.4 cm³/mol. The van der Waals surface area contributed by atoms with Gasteiger partial charge in [-0.25, -0.2) is 4.39 Å². The van der Waals surface area contributed by atoms with Crippen molar-refractivity contribution in [3.8, 4) is 0 Å². The summed E-state index contributed by atoms with van der Waals surface area (Å²) in [5.74, 6) is -2.47. The molecule has 0 saturated carbocycles. The van der Waals surface area contributed by atoms with Crippen LogP contribution < -0.4 is 5.32 Å². The van der Waals surface area contributed by atoms with E-state index < -0.39 is 29.7 Å². The molecule has 2 rings (SSSR count). The molecule has 0 bridgehead atoms. The van der Waals surface area contributed by atoms with E-state index in [1.165, 1.54) is 24.3 Å². The van der Waals surface area contributed by atoms with Crippen molar-refractivity contribution in [2.24, 2.45) is 11.8 Å². The lowest BCUT2D eigenvalue weighted by Crippen LogP contribution is -2.53. The van der Waals surface area contributed by atoms with Gasteiger partial charge in [-0.2, -0.15) is 0 Å². The molecule has 6 nitrogen and oxygen atoms in total. The van der Waals surface area contributed by atoms with E-state index in [1.54, 1.807) is 4.90 Å². The van der Waals surface area contributed by atoms with Gasteiger partial charge in [0.25, 0.3) is 5.91 Å². The second-order valence-electron chi connectivity index (χ2n) is 6.64. The van der Waals surface area contributed by atoms with Crippen LogP contribution in [0.1, 0.15) is 37.0 Å². The van der Waals surface area contributed by atoms with Crippen LogP contribution >= 0.6 is 0 Å². The Kier molecular flexibility index (Phi) is 6.12. The van der Waals surface area contributed by atoms with E-state index in [1.807, 2.05) is 13.8 Å². The van der Waals surface area contributed by atoms with Crippen molar-refractivity contribution in [2.75, 3.05) is 13.1 Å². The highest BCUT2D eigenvalue weighted by Gasteiger charge is 2.33. The van der Waals surface area contributed by atoms with Crippen LogP contribution in [0, 0.1) is 17.7 Å². The fourth-order valence-electron chi connectivity index (χ4n) is 2.88. The predicted octanol–water partition coefficient (Wildman–Crippen LogP) is 1.90. The van der Waals surface area contributed by atoms with Gasteiger partial charge in [0.15, 0.2) is 0 Å². The van der Waals surface area contributed by atoms with Crippen LogP contribution in [-0.4, -0.2) is 46.9 Å². The summed E-state index contributed by atoms with van der Waals surface area (Å²) in [5, 5.41) is 11.8. The van der Waals surface area contributed by atoms with Crippen LogP contribution in [-0.2, 0) is 9.59 Å². The Morgan fingerprint density at radius 3 is 2.20 bits per heavy atom. The lowest BCUT2D eigenvalue weighted by atomic mass is 9.95. The summed E-state index contributed by atoms with van der Waals surface area (Å²) in [6.45, 7) is 4.39. The summed E-state index contributed by atoms with van der Waals surface area (Å²) in [7, 11) is 0. The summed E-state index contributed by atoms with van der Waals surface area (Å²) in [6.07, 6.45) is 0.829. The van der Waals surface area contributed by atoms with E-state index in [0.29, 0.717) is 25.9 Å². The van der Waals surface area contributed by atoms with Crippen LogP contribution in [0.4, 0.5) is 4.39 Å². The maximum Gasteiger partial charge on any atom is 0.306 e. The zero-order chi connectivity index (χ0) is 18.6. The number of carboxylic acid groups (broad SMARTS) is 1. The molecule has 25 heavy (non-hydrogen) atoms. The molecule has 0 aliphatic carbocycles. The van der Waals surface area contributed by atoms with Gasteiger partial charge in [0.2, 0.25) is 5.91 Å². The third-order valence-corrected chi connectivity index (χ3v) is 4.48. The van der Waals surface area contributed by atoms with Gasteiger partial charge < -0.3 is 15.3 Å². The minimum Gasteiger partial charge on any atom is -0.481 e. The molecule has 1 aliphatic rings. The SMILES string of the molecule is CC(C)C(NC(=O)c1ccc(F)cc1)C(=O)N1CCC(C(=O)O)CC1. The average molecular weight is 350 g/mol. The van der Waals surface area contributed by atoms with Gasteiger partial charge >= 0.3 is 5.97 Å². The molecular weight excluding hydrogens is 327 g/mol. The Hall–Kier alpha value is -2.44. The van der Waals surface area contributed by atoms with Crippen LogP contribution in [0.15, 0.2) is 24.3 Å². The molecule has 1 aromatic rings. The number of carbonyl (C=O) groups is 3. The first-order valence-electron chi connectivity index (χ1n) is 8.37. The second-order valence-corrected chi connectivity index (χ2v) is 6.64. The average Bonchev–Trinajstić information content (AvgIpc) is 2.59. The number of benzene rings is 1. The maximum atomic E-state index is 13.0. The first kappa shape index (κ1) is 18.9. The highest BCUT2D eigenvalue weighted by Crippen LogP contribution is 2.19. The number of rotatable bonds is 5. The van der Waals surface area contributed by atoms with Gasteiger partial charge in [-0.3, -0.25) is 14.4 Å². The van der Waals surface area contributed by atoms with Crippen LogP contribution in [0.5, 0.6) is 0 Å². The normalized spacial score (nSPS) is 16.6. The van der Waals surface area contributed by atoms with Crippen molar-refractivity contribution in [1.82, 2.24) is 10.2 Å². The molecule has 7 heteroatoms. The molecular formula is C18H23FN2O4. The quantitative estimate of drug-likeness (QED) is 0.849. The van der Waals surface area contributed by atoms with E-state index in [-0.39, 0.29) is 17.4 Å². The number of carboxylic acids is 1. The number of hydrogen-bond donors (Lipinski definition) is 2. The molecule has 0 spiro atoms. The standard InChI is InChI=1S/C18H23FN2O4/c1-11(2)15(20-16(22)12-3-5-14(19)6-4-12)17(23)21-9-7-13(8-10-21)18(24)25/h3-6,11,13,15H,7-10H2,1-2H3,(H,20,22)(H,24,25). The molecule has 1 aliphatic heterocycles. The van der Waals surface area contributed by atoms with E-state index in [2.05, 4.69) is 5.32 Å². The molecule has 2 amide bonds. The fraction of sp³-hybridized carbons (Fsp3) is 0.500. The van der Waals surface area contributed by atoms with Crippen molar-refractivity contribution in [2.45, 2.75) is 32.7 Å². The van der Waals surface area contributed by atoms with Crippen molar-refractivity contribution in [3.05, 3.63) is 35.6 Å². The van der Waals surface area contributed by atoms with Crippen molar-refractivity contribution < 1.29 is 23.9 Å². The number of nitrogens with one attached hydrogen (secondary N) is 1. The summed E-state index contributed by atoms with van der Waals surface area (Å²) in [4.78, 5) is 37.7. The molecule has 0 aromatic heterocycles. The molecule has 1 atom stereocenters. The summed E-state index contributed by atoms with van der Waals surface area (Å²) >= 11 is 0. The number of nitrogens with zero attached hydrogens (tertiary/aromatic N) is 1. The lowest BCUT2D eigenvalue weighted by molar-refractivity contribution is -0.146. The third kappa shape index (κ3) is 4.78. The maximum absolute atomic E-state index is 13.0. The molecule has 0 radical (unpaired) electrons. The smallest absolute Gasteiger partial charge is 0.306 e. The molecule has 1 saturated heterocycles. The zero-order valence-corrected chi connectivity index (χ0v) is 14.4. The van der Waals surface area contributed by atoms with E-state index in [0.717, 1.165) is 0 Å². The van der Waals surface area contributed by atoms with Crippen molar-refractivity contribution >= 4 is 17.8 Å². The minimum atomic E-state index is -0.836. The number of piperidine rings is 1. The van der Waals surface area contributed by atoms with Crippen LogP contribution in [0.25, 0.3) is 0 Å². The lowest BCUT2D eigenvalue weighted by Gasteiger charge is -2.34. The van der Waals surface area contributed by atoms with E-state index >= 15 is 0 Å². The number of halogens is 1. The number of likely N-dealkylation sites (tertiary alicyclic amines) is 1. The second kappa shape index (κ2) is 8.09. The van der Waals surface area contributed by atoms with Gasteiger partial charge in [-0.15, -0.1) is 0 Å². The molecule has 1 aromatic carbocycles. The summed E-state index contributed by atoms with van der Waals surface area (Å²) < 4.78 is 13.0. The zero-order valence-electron chi connectivity index (χ0n) is 14.4. The third-order valence-electron chi connectivity index (χ3n) is 4.48. The number of aliphatic carboxylic acids is 1. The first-order valence-corrected chi connectivity index (χ1v) is 8.37. The van der Waals surface area contributed by atoms with E-state index in [9.17, 15) is 18.8 Å². The monoisotopic (exact) mass is 350 g/mol. The number of hydrogen-bond acceptors (Lipinski definition) is 3. The molecule has 1 heterocycles. The van der Waals surface area contributed by atoms with Gasteiger partial charge in [0, 0.05) is 18.7 Å². The Bertz CT molecular complexity index is 637. The van der Waals surface area contributed by atoms with Crippen molar-refractivity contribution in [1.29, 1.82) is 0 Å². The van der Waals surface area contributed by atoms with Crippen LogP contribution in [0.3, 0.4) is 0 Å². The largest absolute Gasteiger partial charge is 0.481 e. The molecule has 2 N–H and O–H groups in total. The number of amides is 2. The Morgan fingerprint density at radius 1 is 1.16 bits per heavy atom. The fourth-order valence-corrected chi connectivity index (χ4v) is 2.88. The number of carbonyl (C=O) groups excluding carboxylic acids is 2. The topological polar surface area (TPSA) is 86.7 Å². The van der Waals surface area contributed by atoms with Crippen molar-refractivity contribution in [3.63, 3.8) is 0 Å². The molecule has 136 valence electrons. The highest BCUT2D eigenvalue weighted by atomic mass is 19.1. The van der Waals surface area contributed by atoms with Gasteiger partial charge in [-0.1, -0.05) is 13.8 Å². The van der Waals surface area contributed by atoms with E-state index in [4.69, 9.17) is 5.11 Å². The van der Waals surface area contributed by atoms with Gasteiger partial charge in [0.1, 0.15) is 11.9 Å². The Morgan fingerprint density at radius 2 is 1.72 bits per heavy atom. The van der Waals surface area contributed by atoms with Gasteiger partial charge in [-0.05, 0) is 43.0 Å². The first-order chi connectivity index (χ1) is 11.8. The molecule has 1 fully saturated rings. The highest BCUT2D eigenvalue weighted by molar-refractivity contribution is 5.97. The Labute approximate surface area is 146 Å². The summed E-state index contributed by atoms with van der Waals surface area (Å²) in [5.41, 5.74) is 0.282. The summed E-state index contributed by atoms with van der Waals surface area (Å²) in [6, 6.07) is 4.41. The molecule has 1 unspecified atom stereocenters. The minimum absolute atomic E-state index is 0.130. The Balaban J connectivity index is 2.02. The van der Waals surface area contributed by atoms with Gasteiger partial charge in [0.05, 0.1) is 5.92 Å².